The van der Waals surface area contributed by atoms with E-state index < -0.39 is 58.4 Å². The molecule has 3 atom stereocenters. The van der Waals surface area contributed by atoms with Crippen molar-refractivity contribution in [3.05, 3.63) is 24.3 Å². The minimum atomic E-state index is -4.60. The number of aliphatic hydroxyl groups excluding tert-OH is 2. The van der Waals surface area contributed by atoms with Gasteiger partial charge in [0.2, 0.25) is 0 Å². The lowest BCUT2D eigenvalue weighted by Gasteiger charge is -2.20. The Bertz CT molecular complexity index is 771. The van der Waals surface area contributed by atoms with Crippen molar-refractivity contribution in [2.75, 3.05) is 26.4 Å². The number of carbonyl (C=O) groups excluding carboxylic acids is 2. The highest BCUT2D eigenvalue weighted by Crippen LogP contribution is 2.43. The molecule has 3 unspecified atom stereocenters. The maximum absolute atomic E-state index is 12.1. The van der Waals surface area contributed by atoms with Gasteiger partial charge in [-0.2, -0.15) is 0 Å². The molecule has 0 saturated heterocycles. The van der Waals surface area contributed by atoms with Crippen molar-refractivity contribution in [1.29, 1.82) is 0 Å². The molecule has 10 nitrogen and oxygen atoms in total. The van der Waals surface area contributed by atoms with Crippen molar-refractivity contribution in [1.82, 2.24) is 0 Å². The van der Waals surface area contributed by atoms with Crippen LogP contribution in [0.2, 0.25) is 0 Å². The summed E-state index contributed by atoms with van der Waals surface area (Å²) in [5.41, 5.74) is 0. The van der Waals surface area contributed by atoms with E-state index in [9.17, 15) is 29.3 Å². The zero-order valence-corrected chi connectivity index (χ0v) is 26.9. The van der Waals surface area contributed by atoms with Crippen LogP contribution in [0.3, 0.4) is 0 Å². The summed E-state index contributed by atoms with van der Waals surface area (Å²) in [4.78, 5) is 33.4. The molecule has 0 saturated carbocycles. The van der Waals surface area contributed by atoms with Gasteiger partial charge in [-0.15, -0.1) is 0 Å². The molecule has 0 spiro atoms. The summed E-state index contributed by atoms with van der Waals surface area (Å²) in [5, 5.41) is 18.7. The second kappa shape index (κ2) is 28.2. The summed E-state index contributed by atoms with van der Waals surface area (Å²) in [7, 11) is -4.60. The van der Waals surface area contributed by atoms with Crippen LogP contribution in [-0.2, 0) is 32.7 Å². The molecule has 0 bridgehead atoms. The molecular formula is C31H57O10P. The second-order valence-electron chi connectivity index (χ2n) is 10.4. The Labute approximate surface area is 253 Å². The number of phosphoric acid groups is 1. The summed E-state index contributed by atoms with van der Waals surface area (Å²) in [6.45, 7) is 1.71. The molecule has 246 valence electrons. The predicted molar refractivity (Wildman–Crippen MR) is 164 cm³/mol. The number of aliphatic hydroxyl groups is 2. The van der Waals surface area contributed by atoms with E-state index >= 15 is 0 Å². The average Bonchev–Trinajstić information content (AvgIpc) is 2.96. The first kappa shape index (κ1) is 40.5. The van der Waals surface area contributed by atoms with Gasteiger partial charge in [0.1, 0.15) is 12.2 Å². The van der Waals surface area contributed by atoms with Crippen molar-refractivity contribution in [3.8, 4) is 0 Å². The molecule has 11 heteroatoms. The third-order valence-electron chi connectivity index (χ3n) is 6.39. The van der Waals surface area contributed by atoms with Gasteiger partial charge < -0.3 is 24.6 Å². The molecular weight excluding hydrogens is 563 g/mol. The molecule has 3 N–H and O–H groups in total. The summed E-state index contributed by atoms with van der Waals surface area (Å²) in [6.07, 6.45) is 23.5. The molecule has 0 amide bonds. The van der Waals surface area contributed by atoms with Crippen molar-refractivity contribution in [3.63, 3.8) is 0 Å². The van der Waals surface area contributed by atoms with Gasteiger partial charge >= 0.3 is 19.8 Å². The van der Waals surface area contributed by atoms with Gasteiger partial charge in [0.05, 0.1) is 26.4 Å². The molecule has 42 heavy (non-hydrogen) atoms. The molecule has 0 aromatic rings. The molecule has 0 aliphatic carbocycles. The molecule has 0 rings (SSSR count). The smallest absolute Gasteiger partial charge is 0.457 e. The zero-order chi connectivity index (χ0) is 31.3. The first-order valence-corrected chi connectivity index (χ1v) is 17.3. The van der Waals surface area contributed by atoms with Crippen molar-refractivity contribution >= 4 is 19.8 Å². The summed E-state index contributed by atoms with van der Waals surface area (Å²) >= 11 is 0. The van der Waals surface area contributed by atoms with Crippen molar-refractivity contribution in [2.45, 2.75) is 135 Å². The van der Waals surface area contributed by atoms with Crippen LogP contribution in [0.5, 0.6) is 0 Å². The van der Waals surface area contributed by atoms with Gasteiger partial charge in [0.25, 0.3) is 0 Å². The van der Waals surface area contributed by atoms with E-state index in [1.807, 2.05) is 0 Å². The van der Waals surface area contributed by atoms with Crippen LogP contribution in [0, 0.1) is 0 Å². The number of allylic oxidation sites excluding steroid dienone is 4. The fourth-order valence-corrected chi connectivity index (χ4v) is 4.73. The van der Waals surface area contributed by atoms with Gasteiger partial charge in [-0.1, -0.05) is 89.5 Å². The fraction of sp³-hybridized carbons (Fsp3) is 0.806. The van der Waals surface area contributed by atoms with Crippen LogP contribution < -0.4 is 0 Å². The number of phosphoric ester groups is 1. The minimum absolute atomic E-state index is 0.142. The minimum Gasteiger partial charge on any atom is -0.457 e. The molecule has 0 aliphatic rings. The van der Waals surface area contributed by atoms with E-state index in [4.69, 9.17) is 18.5 Å². The quantitative estimate of drug-likeness (QED) is 0.0356. The molecule has 0 aromatic carbocycles. The molecule has 0 aromatic heterocycles. The Kier molecular flexibility index (Phi) is 27.2. The van der Waals surface area contributed by atoms with E-state index in [-0.39, 0.29) is 12.8 Å². The monoisotopic (exact) mass is 620 g/mol. The van der Waals surface area contributed by atoms with Gasteiger partial charge in [0, 0.05) is 12.8 Å². The Morgan fingerprint density at radius 1 is 0.643 bits per heavy atom. The normalized spacial score (nSPS) is 14.7. The van der Waals surface area contributed by atoms with E-state index in [0.717, 1.165) is 32.1 Å². The van der Waals surface area contributed by atoms with Crippen molar-refractivity contribution in [2.24, 2.45) is 0 Å². The van der Waals surface area contributed by atoms with Crippen LogP contribution in [0.1, 0.15) is 123 Å². The summed E-state index contributed by atoms with van der Waals surface area (Å²) in [6, 6.07) is 0. The third-order valence-corrected chi connectivity index (χ3v) is 7.34. The van der Waals surface area contributed by atoms with E-state index in [1.165, 1.54) is 51.4 Å². The Hall–Kier alpha value is -1.55. The summed E-state index contributed by atoms with van der Waals surface area (Å²) in [5.74, 6) is -1.08. The van der Waals surface area contributed by atoms with Crippen molar-refractivity contribution < 1.29 is 47.8 Å². The molecule has 0 aliphatic heterocycles. The van der Waals surface area contributed by atoms with E-state index in [1.54, 1.807) is 6.92 Å². The van der Waals surface area contributed by atoms with Crippen LogP contribution in [0.15, 0.2) is 24.3 Å². The van der Waals surface area contributed by atoms with Crippen LogP contribution >= 0.6 is 7.82 Å². The number of hydrogen-bond donors (Lipinski definition) is 3. The second-order valence-corrected chi connectivity index (χ2v) is 11.9. The zero-order valence-electron chi connectivity index (χ0n) is 26.0. The van der Waals surface area contributed by atoms with Gasteiger partial charge in [-0.3, -0.25) is 18.6 Å². The number of esters is 2. The van der Waals surface area contributed by atoms with Gasteiger partial charge in [-0.05, 0) is 44.9 Å². The first-order valence-electron chi connectivity index (χ1n) is 15.8. The average molecular weight is 621 g/mol. The fourth-order valence-electron chi connectivity index (χ4n) is 3.94. The largest absolute Gasteiger partial charge is 0.472 e. The van der Waals surface area contributed by atoms with Crippen LogP contribution in [-0.4, -0.2) is 65.7 Å². The van der Waals surface area contributed by atoms with Crippen LogP contribution in [0.4, 0.5) is 0 Å². The number of hydrogen-bond acceptors (Lipinski definition) is 9. The topological polar surface area (TPSA) is 149 Å². The Morgan fingerprint density at radius 2 is 1.10 bits per heavy atom. The lowest BCUT2D eigenvalue weighted by molar-refractivity contribution is -0.153. The predicted octanol–water partition coefficient (Wildman–Crippen LogP) is 6.71. The van der Waals surface area contributed by atoms with E-state index in [0.29, 0.717) is 12.8 Å². The van der Waals surface area contributed by atoms with Crippen LogP contribution in [0.25, 0.3) is 0 Å². The highest BCUT2D eigenvalue weighted by atomic mass is 31.2. The number of ether oxygens (including phenoxy) is 2. The highest BCUT2D eigenvalue weighted by molar-refractivity contribution is 7.47. The molecule has 0 radical (unpaired) electrons. The lowest BCUT2D eigenvalue weighted by Crippen LogP contribution is -2.28. The maximum Gasteiger partial charge on any atom is 0.472 e. The number of rotatable bonds is 29. The molecule has 0 heterocycles. The van der Waals surface area contributed by atoms with Gasteiger partial charge in [-0.25, -0.2) is 4.57 Å². The van der Waals surface area contributed by atoms with Gasteiger partial charge in [0.15, 0.2) is 0 Å². The third kappa shape index (κ3) is 26.1. The standard InChI is InChI=1S/C31H57O10P/c1-3-5-6-7-8-9-10-11-12-13-14-15-16-17-18-19-20-21-23-31(35)41-29(25-33)27-39-42(36,37)38-26-28(24-32)40-30(34)22-4-2/h9-10,12-13,28-29,32-33H,3-8,11,14-27H2,1-2H3,(H,36,37)/b10-9-,13-12-. The number of unbranched alkanes of at least 4 members (excludes halogenated alkanes) is 11. The Morgan fingerprint density at radius 3 is 1.57 bits per heavy atom. The Balaban J connectivity index is 3.87. The first-order chi connectivity index (χ1) is 20.3. The maximum atomic E-state index is 12.1. The highest BCUT2D eigenvalue weighted by Gasteiger charge is 2.27. The number of carbonyl (C=O) groups is 2. The lowest BCUT2D eigenvalue weighted by atomic mass is 10.1. The summed E-state index contributed by atoms with van der Waals surface area (Å²) < 4.78 is 31.7. The van der Waals surface area contributed by atoms with E-state index in [2.05, 4.69) is 31.2 Å². The molecule has 0 fully saturated rings. The SMILES string of the molecule is CCCCCC/C=C\C/C=C\CCCCCCCCCC(=O)OC(CO)COP(=O)(O)OCC(CO)OC(=O)CCC.